The Bertz CT molecular complexity index is 721. The van der Waals surface area contributed by atoms with Crippen molar-refractivity contribution in [2.75, 3.05) is 18.5 Å². The van der Waals surface area contributed by atoms with Crippen LogP contribution in [-0.4, -0.2) is 23.1 Å². The fraction of sp³-hybridized carbons (Fsp3) is 0.267. The number of fused-ring (bicyclic) bond motifs is 1. The molecular weight excluding hydrogens is 306 g/mol. The molecular formula is C15H14ClN3O3. The fourth-order valence-electron chi connectivity index (χ4n) is 2.38. The van der Waals surface area contributed by atoms with Crippen molar-refractivity contribution in [3.8, 4) is 5.75 Å². The van der Waals surface area contributed by atoms with Crippen LogP contribution in [0.25, 0.3) is 0 Å². The van der Waals surface area contributed by atoms with E-state index >= 15 is 0 Å². The molecule has 0 saturated heterocycles. The molecule has 0 spiro atoms. The zero-order chi connectivity index (χ0) is 15.5. The minimum absolute atomic E-state index is 0.117. The summed E-state index contributed by atoms with van der Waals surface area (Å²) in [6, 6.07) is 7.48. The molecule has 7 heteroatoms. The number of nitro groups is 1. The third-order valence-corrected chi connectivity index (χ3v) is 3.79. The molecule has 2 heterocycles. The van der Waals surface area contributed by atoms with Gasteiger partial charge in [0.05, 0.1) is 16.6 Å². The maximum absolute atomic E-state index is 10.6. The number of hydrogen-bond acceptors (Lipinski definition) is 5. The molecule has 1 aliphatic rings. The van der Waals surface area contributed by atoms with Crippen molar-refractivity contribution >= 4 is 23.1 Å². The van der Waals surface area contributed by atoms with Crippen molar-refractivity contribution in [1.29, 1.82) is 0 Å². The maximum Gasteiger partial charge on any atom is 0.289 e. The zero-order valence-electron chi connectivity index (χ0n) is 11.7. The van der Waals surface area contributed by atoms with Crippen LogP contribution in [0.1, 0.15) is 11.1 Å². The van der Waals surface area contributed by atoms with Gasteiger partial charge in [0.25, 0.3) is 5.69 Å². The number of anilines is 1. The van der Waals surface area contributed by atoms with Crippen molar-refractivity contribution in [3.05, 3.63) is 56.7 Å². The van der Waals surface area contributed by atoms with E-state index in [-0.39, 0.29) is 10.7 Å². The monoisotopic (exact) mass is 319 g/mol. The number of nitrogens with zero attached hydrogens (tertiary/aromatic N) is 2. The van der Waals surface area contributed by atoms with Gasteiger partial charge in [-0.15, -0.1) is 0 Å². The van der Waals surface area contributed by atoms with Gasteiger partial charge < -0.3 is 10.1 Å². The molecule has 1 N–H and O–H groups in total. The van der Waals surface area contributed by atoms with Gasteiger partial charge in [-0.2, -0.15) is 0 Å². The first-order valence-corrected chi connectivity index (χ1v) is 7.30. The minimum atomic E-state index is -0.519. The molecule has 0 amide bonds. The number of hydrogen-bond donors (Lipinski definition) is 1. The van der Waals surface area contributed by atoms with E-state index in [4.69, 9.17) is 16.3 Å². The quantitative estimate of drug-likeness (QED) is 0.676. The number of halogens is 1. The van der Waals surface area contributed by atoms with E-state index in [1.807, 2.05) is 12.1 Å². The summed E-state index contributed by atoms with van der Waals surface area (Å²) in [7, 11) is 0. The van der Waals surface area contributed by atoms with Crippen molar-refractivity contribution in [2.24, 2.45) is 0 Å². The highest BCUT2D eigenvalue weighted by Crippen LogP contribution is 2.26. The summed E-state index contributed by atoms with van der Waals surface area (Å²) in [5, 5.41) is 14.0. The minimum Gasteiger partial charge on any atom is -0.493 e. The first kappa shape index (κ1) is 14.6. The molecule has 0 saturated carbocycles. The van der Waals surface area contributed by atoms with Crippen LogP contribution in [0.5, 0.6) is 5.75 Å². The number of benzene rings is 1. The molecule has 22 heavy (non-hydrogen) atoms. The molecule has 0 aliphatic carbocycles. The van der Waals surface area contributed by atoms with E-state index in [2.05, 4.69) is 16.4 Å². The third kappa shape index (κ3) is 3.12. The molecule has 1 aromatic carbocycles. The molecule has 1 aromatic heterocycles. The van der Waals surface area contributed by atoms with Gasteiger partial charge in [0, 0.05) is 19.0 Å². The molecule has 2 aromatic rings. The lowest BCUT2D eigenvalue weighted by molar-refractivity contribution is -0.385. The fourth-order valence-corrected chi connectivity index (χ4v) is 2.61. The van der Waals surface area contributed by atoms with Crippen molar-refractivity contribution < 1.29 is 9.66 Å². The molecule has 0 fully saturated rings. The smallest absolute Gasteiger partial charge is 0.289 e. The van der Waals surface area contributed by atoms with Crippen LogP contribution < -0.4 is 10.1 Å². The van der Waals surface area contributed by atoms with Gasteiger partial charge in [0.2, 0.25) is 0 Å². The predicted octanol–water partition coefficient (Wildman–Crippen LogP) is 3.23. The molecule has 0 atom stereocenters. The summed E-state index contributed by atoms with van der Waals surface area (Å²) in [5.74, 6) is 1.42. The van der Waals surface area contributed by atoms with Crippen LogP contribution in [0, 0.1) is 10.1 Å². The summed E-state index contributed by atoms with van der Waals surface area (Å²) in [6.45, 7) is 1.39. The van der Waals surface area contributed by atoms with E-state index < -0.39 is 4.92 Å². The highest BCUT2D eigenvalue weighted by atomic mass is 35.5. The van der Waals surface area contributed by atoms with Crippen LogP contribution in [0.2, 0.25) is 5.02 Å². The van der Waals surface area contributed by atoms with Crippen LogP contribution in [0.4, 0.5) is 11.5 Å². The van der Waals surface area contributed by atoms with Crippen LogP contribution in [0.3, 0.4) is 0 Å². The largest absolute Gasteiger partial charge is 0.493 e. The van der Waals surface area contributed by atoms with E-state index in [9.17, 15) is 10.1 Å². The summed E-state index contributed by atoms with van der Waals surface area (Å²) < 4.78 is 5.48. The standard InChI is InChI=1S/C15H14ClN3O3/c16-13-8-12(19(20)21)9-18-15(13)17-5-3-10-1-2-14-11(7-10)4-6-22-14/h1-2,7-9H,3-6H2,(H,17,18). The average molecular weight is 320 g/mol. The van der Waals surface area contributed by atoms with Crippen LogP contribution >= 0.6 is 11.6 Å². The molecule has 114 valence electrons. The Hall–Kier alpha value is -2.34. The van der Waals surface area contributed by atoms with E-state index in [0.29, 0.717) is 12.4 Å². The number of ether oxygens (including phenoxy) is 1. The Kier molecular flexibility index (Phi) is 4.11. The van der Waals surface area contributed by atoms with E-state index in [1.165, 1.54) is 23.4 Å². The van der Waals surface area contributed by atoms with Gasteiger partial charge in [0.15, 0.2) is 0 Å². The van der Waals surface area contributed by atoms with Crippen molar-refractivity contribution in [2.45, 2.75) is 12.8 Å². The summed E-state index contributed by atoms with van der Waals surface area (Å²) >= 11 is 5.99. The number of rotatable bonds is 5. The first-order chi connectivity index (χ1) is 10.6. The Morgan fingerprint density at radius 2 is 2.27 bits per heavy atom. The van der Waals surface area contributed by atoms with E-state index in [0.717, 1.165) is 25.2 Å². The van der Waals surface area contributed by atoms with Gasteiger partial charge in [-0.3, -0.25) is 10.1 Å². The number of nitrogens with one attached hydrogen (secondary N) is 1. The second-order valence-corrected chi connectivity index (χ2v) is 5.41. The lowest BCUT2D eigenvalue weighted by atomic mass is 10.1. The second kappa shape index (κ2) is 6.19. The molecule has 1 aliphatic heterocycles. The summed E-state index contributed by atoms with van der Waals surface area (Å²) in [5.41, 5.74) is 2.33. The van der Waals surface area contributed by atoms with Gasteiger partial charge in [0.1, 0.15) is 17.8 Å². The molecule has 0 radical (unpaired) electrons. The van der Waals surface area contributed by atoms with Gasteiger partial charge in [-0.05, 0) is 23.6 Å². The Morgan fingerprint density at radius 1 is 1.41 bits per heavy atom. The van der Waals surface area contributed by atoms with Crippen LogP contribution in [0.15, 0.2) is 30.5 Å². The highest BCUT2D eigenvalue weighted by molar-refractivity contribution is 6.33. The zero-order valence-corrected chi connectivity index (χ0v) is 12.5. The maximum atomic E-state index is 10.6. The van der Waals surface area contributed by atoms with Crippen LogP contribution in [-0.2, 0) is 12.8 Å². The SMILES string of the molecule is O=[N+]([O-])c1cnc(NCCc2ccc3c(c2)CCO3)c(Cl)c1. The second-order valence-electron chi connectivity index (χ2n) is 5.00. The molecule has 3 rings (SSSR count). The van der Waals surface area contributed by atoms with Crippen molar-refractivity contribution in [3.63, 3.8) is 0 Å². The third-order valence-electron chi connectivity index (χ3n) is 3.50. The van der Waals surface area contributed by atoms with Gasteiger partial charge in [-0.25, -0.2) is 4.98 Å². The Morgan fingerprint density at radius 3 is 3.05 bits per heavy atom. The lowest BCUT2D eigenvalue weighted by Crippen LogP contribution is -2.07. The molecule has 0 unspecified atom stereocenters. The number of pyridine rings is 1. The average Bonchev–Trinajstić information content (AvgIpc) is 2.96. The Labute approximate surface area is 132 Å². The lowest BCUT2D eigenvalue weighted by Gasteiger charge is -2.08. The summed E-state index contributed by atoms with van der Waals surface area (Å²) in [4.78, 5) is 14.1. The Balaban J connectivity index is 1.60. The normalized spacial score (nSPS) is 12.6. The predicted molar refractivity (Wildman–Crippen MR) is 83.7 cm³/mol. The first-order valence-electron chi connectivity index (χ1n) is 6.92. The number of aromatic nitrogens is 1. The summed E-state index contributed by atoms with van der Waals surface area (Å²) in [6.07, 6.45) is 2.95. The van der Waals surface area contributed by atoms with Crippen molar-refractivity contribution in [1.82, 2.24) is 4.98 Å². The van der Waals surface area contributed by atoms with Gasteiger partial charge >= 0.3 is 0 Å². The van der Waals surface area contributed by atoms with E-state index in [1.54, 1.807) is 0 Å². The highest BCUT2D eigenvalue weighted by Gasteiger charge is 2.13. The topological polar surface area (TPSA) is 77.3 Å². The molecule has 0 bridgehead atoms. The van der Waals surface area contributed by atoms with Gasteiger partial charge in [-0.1, -0.05) is 23.7 Å². The molecule has 6 nitrogen and oxygen atoms in total.